The van der Waals surface area contributed by atoms with Crippen LogP contribution in [0, 0.1) is 5.92 Å². The molecule has 2 heterocycles. The molecule has 0 aliphatic carbocycles. The molecule has 1 atom stereocenters. The van der Waals surface area contributed by atoms with Crippen molar-refractivity contribution in [1.29, 1.82) is 0 Å². The van der Waals surface area contributed by atoms with Crippen molar-refractivity contribution in [3.05, 3.63) is 24.5 Å². The Morgan fingerprint density at radius 1 is 1.53 bits per heavy atom. The van der Waals surface area contributed by atoms with Gasteiger partial charge in [0, 0.05) is 25.1 Å². The van der Waals surface area contributed by atoms with Gasteiger partial charge in [-0.3, -0.25) is 9.78 Å². The maximum Gasteiger partial charge on any atom is 0.302 e. The van der Waals surface area contributed by atoms with E-state index in [9.17, 15) is 17.1 Å². The Hall–Kier alpha value is -1.50. The quantitative estimate of drug-likeness (QED) is 0.750. The van der Waals surface area contributed by atoms with Gasteiger partial charge in [-0.05, 0) is 12.1 Å². The Bertz CT molecular complexity index is 518. The Kier molecular flexibility index (Phi) is 3.10. The van der Waals surface area contributed by atoms with Crippen molar-refractivity contribution in [3.63, 3.8) is 0 Å². The zero-order chi connectivity index (χ0) is 12.5. The van der Waals surface area contributed by atoms with E-state index in [1.54, 1.807) is 18.3 Å². The lowest BCUT2D eigenvalue weighted by Crippen LogP contribution is -2.25. The average molecular weight is 258 g/mol. The number of carbonyl (C=O) groups is 1. The predicted molar refractivity (Wildman–Crippen MR) is 59.6 cm³/mol. The fourth-order valence-electron chi connectivity index (χ4n) is 1.94. The van der Waals surface area contributed by atoms with Crippen molar-refractivity contribution in [2.45, 2.75) is 6.42 Å². The molecule has 7 heteroatoms. The number of hydrogen-bond donors (Lipinski definition) is 0. The molecule has 0 spiro atoms. The second-order valence-corrected chi connectivity index (χ2v) is 5.40. The summed E-state index contributed by atoms with van der Waals surface area (Å²) in [5, 5.41) is 0. The van der Waals surface area contributed by atoms with E-state index >= 15 is 0 Å². The zero-order valence-corrected chi connectivity index (χ0v) is 9.73. The molecule has 92 valence electrons. The Morgan fingerprint density at radius 3 is 2.88 bits per heavy atom. The summed E-state index contributed by atoms with van der Waals surface area (Å²) >= 11 is 0. The second-order valence-electron chi connectivity index (χ2n) is 3.99. The molecule has 1 aliphatic rings. The zero-order valence-electron chi connectivity index (χ0n) is 8.91. The molecular formula is C10H11FN2O3S. The van der Waals surface area contributed by atoms with Crippen LogP contribution in [-0.4, -0.2) is 31.6 Å². The van der Waals surface area contributed by atoms with E-state index in [4.69, 9.17) is 0 Å². The van der Waals surface area contributed by atoms with Crippen LogP contribution in [0.3, 0.4) is 0 Å². The maximum atomic E-state index is 12.5. The van der Waals surface area contributed by atoms with Crippen molar-refractivity contribution in [2.24, 2.45) is 5.92 Å². The third-order valence-electron chi connectivity index (χ3n) is 2.60. The molecule has 1 unspecified atom stereocenters. The number of anilines is 1. The van der Waals surface area contributed by atoms with Crippen molar-refractivity contribution in [3.8, 4) is 0 Å². The maximum absolute atomic E-state index is 12.5. The van der Waals surface area contributed by atoms with Gasteiger partial charge in [-0.25, -0.2) is 0 Å². The van der Waals surface area contributed by atoms with Crippen LogP contribution in [0.4, 0.5) is 9.57 Å². The van der Waals surface area contributed by atoms with E-state index in [2.05, 4.69) is 4.98 Å². The number of rotatable bonds is 3. The van der Waals surface area contributed by atoms with Gasteiger partial charge in [0.05, 0.1) is 17.6 Å². The largest absolute Gasteiger partial charge is 0.311 e. The monoisotopic (exact) mass is 258 g/mol. The first-order valence-corrected chi connectivity index (χ1v) is 6.64. The lowest BCUT2D eigenvalue weighted by molar-refractivity contribution is -0.117. The van der Waals surface area contributed by atoms with Gasteiger partial charge in [-0.15, -0.1) is 3.89 Å². The van der Waals surface area contributed by atoms with Crippen LogP contribution in [0.5, 0.6) is 0 Å². The van der Waals surface area contributed by atoms with Crippen LogP contribution in [0.1, 0.15) is 6.42 Å². The molecule has 5 nitrogen and oxygen atoms in total. The third-order valence-corrected chi connectivity index (χ3v) is 3.47. The van der Waals surface area contributed by atoms with Crippen LogP contribution in [-0.2, 0) is 15.0 Å². The first-order chi connectivity index (χ1) is 7.96. The summed E-state index contributed by atoms with van der Waals surface area (Å²) in [4.78, 5) is 17.0. The van der Waals surface area contributed by atoms with Crippen molar-refractivity contribution in [2.75, 3.05) is 17.2 Å². The van der Waals surface area contributed by atoms with Crippen molar-refractivity contribution in [1.82, 2.24) is 4.98 Å². The highest BCUT2D eigenvalue weighted by Gasteiger charge is 2.33. The van der Waals surface area contributed by atoms with Gasteiger partial charge in [0.2, 0.25) is 5.91 Å². The Morgan fingerprint density at radius 2 is 2.29 bits per heavy atom. The summed E-state index contributed by atoms with van der Waals surface area (Å²) in [6, 6.07) is 3.39. The molecule has 17 heavy (non-hydrogen) atoms. The topological polar surface area (TPSA) is 67.3 Å². The fraction of sp³-hybridized carbons (Fsp3) is 0.400. The molecule has 0 N–H and O–H groups in total. The molecule has 0 bridgehead atoms. The number of carbonyl (C=O) groups excluding carboxylic acids is 1. The number of aromatic nitrogens is 1. The van der Waals surface area contributed by atoms with Crippen LogP contribution < -0.4 is 4.90 Å². The minimum absolute atomic E-state index is 0.0536. The molecular weight excluding hydrogens is 247 g/mol. The summed E-state index contributed by atoms with van der Waals surface area (Å²) in [5.41, 5.74) is 0.608. The number of hydrogen-bond acceptors (Lipinski definition) is 4. The van der Waals surface area contributed by atoms with Gasteiger partial charge in [-0.2, -0.15) is 8.42 Å². The van der Waals surface area contributed by atoms with E-state index in [1.165, 1.54) is 11.1 Å². The van der Waals surface area contributed by atoms with E-state index in [-0.39, 0.29) is 18.9 Å². The first kappa shape index (κ1) is 12.0. The van der Waals surface area contributed by atoms with E-state index in [0.29, 0.717) is 5.69 Å². The van der Waals surface area contributed by atoms with Crippen LogP contribution >= 0.6 is 0 Å². The highest BCUT2D eigenvalue weighted by Crippen LogP contribution is 2.25. The van der Waals surface area contributed by atoms with Gasteiger partial charge < -0.3 is 4.90 Å². The van der Waals surface area contributed by atoms with Gasteiger partial charge in [-0.1, -0.05) is 0 Å². The summed E-state index contributed by atoms with van der Waals surface area (Å²) in [6.45, 7) is 0.216. The van der Waals surface area contributed by atoms with Crippen molar-refractivity contribution >= 4 is 21.8 Å². The summed E-state index contributed by atoms with van der Waals surface area (Å²) in [6.07, 6.45) is 3.15. The highest BCUT2D eigenvalue weighted by molar-refractivity contribution is 7.86. The Balaban J connectivity index is 2.11. The number of nitrogens with zero attached hydrogens (tertiary/aromatic N) is 2. The molecule has 0 radical (unpaired) electrons. The predicted octanol–water partition coefficient (Wildman–Crippen LogP) is 0.734. The number of amides is 1. The minimum atomic E-state index is -4.53. The average Bonchev–Trinajstić information content (AvgIpc) is 2.58. The SMILES string of the molecule is O=C1CC(CS(=O)(=O)F)CN1c1cccnc1. The summed E-state index contributed by atoms with van der Waals surface area (Å²) in [7, 11) is -4.53. The first-order valence-electron chi connectivity index (χ1n) is 5.08. The minimum Gasteiger partial charge on any atom is -0.311 e. The van der Waals surface area contributed by atoms with Crippen molar-refractivity contribution < 1.29 is 17.1 Å². The molecule has 1 amide bonds. The summed E-state index contributed by atoms with van der Waals surface area (Å²) in [5.74, 6) is -1.29. The molecule has 0 saturated carbocycles. The molecule has 2 rings (SSSR count). The number of pyridine rings is 1. The lowest BCUT2D eigenvalue weighted by Gasteiger charge is -2.15. The highest BCUT2D eigenvalue weighted by atomic mass is 32.3. The van der Waals surface area contributed by atoms with Crippen LogP contribution in [0.2, 0.25) is 0 Å². The van der Waals surface area contributed by atoms with E-state index in [0.717, 1.165) is 0 Å². The molecule has 1 aromatic heterocycles. The van der Waals surface area contributed by atoms with Gasteiger partial charge in [0.25, 0.3) is 0 Å². The Labute approximate surface area is 98.5 Å². The molecule has 1 saturated heterocycles. The molecule has 1 fully saturated rings. The summed E-state index contributed by atoms with van der Waals surface area (Å²) < 4.78 is 33.6. The van der Waals surface area contributed by atoms with E-state index < -0.39 is 21.9 Å². The van der Waals surface area contributed by atoms with E-state index in [1.807, 2.05) is 0 Å². The number of halogens is 1. The van der Waals surface area contributed by atoms with Gasteiger partial charge >= 0.3 is 10.2 Å². The molecule has 0 aromatic carbocycles. The van der Waals surface area contributed by atoms with Crippen LogP contribution in [0.15, 0.2) is 24.5 Å². The molecule has 1 aromatic rings. The second kappa shape index (κ2) is 4.40. The van der Waals surface area contributed by atoms with Crippen LogP contribution in [0.25, 0.3) is 0 Å². The van der Waals surface area contributed by atoms with Gasteiger partial charge in [0.15, 0.2) is 0 Å². The van der Waals surface area contributed by atoms with Gasteiger partial charge in [0.1, 0.15) is 0 Å². The smallest absolute Gasteiger partial charge is 0.302 e. The normalized spacial score (nSPS) is 20.9. The lowest BCUT2D eigenvalue weighted by atomic mass is 10.1. The third kappa shape index (κ3) is 3.00. The molecule has 1 aliphatic heterocycles. The fourth-order valence-corrected chi connectivity index (χ4v) is 2.72. The standard InChI is InChI=1S/C10H11FN2O3S/c11-17(15,16)7-8-4-10(14)13(6-8)9-2-1-3-12-5-9/h1-3,5,8H,4,6-7H2.